The van der Waals surface area contributed by atoms with Crippen LogP contribution in [0.1, 0.15) is 35.5 Å². The van der Waals surface area contributed by atoms with E-state index in [0.29, 0.717) is 6.10 Å². The fraction of sp³-hybridized carbons (Fsp3) is 0.684. The molecule has 1 atom stereocenters. The molecule has 2 aromatic rings. The molecule has 4 heterocycles. The van der Waals surface area contributed by atoms with Crippen LogP contribution in [-0.4, -0.2) is 55.4 Å². The normalized spacial score (nSPS) is 24.4. The number of thiophene rings is 1. The first-order valence-electron chi connectivity index (χ1n) is 9.77. The number of hydrogen-bond acceptors (Lipinski definition) is 5. The summed E-state index contributed by atoms with van der Waals surface area (Å²) in [5, 5.41) is 1.37. The summed E-state index contributed by atoms with van der Waals surface area (Å²) in [6.45, 7) is 8.75. The molecule has 1 aliphatic carbocycles. The molecule has 5 rings (SSSR count). The first-order chi connectivity index (χ1) is 12.3. The lowest BCUT2D eigenvalue weighted by Gasteiger charge is -2.34. The van der Waals surface area contributed by atoms with E-state index in [2.05, 4.69) is 4.90 Å². The first-order valence-corrected chi connectivity index (χ1v) is 10.6. The van der Waals surface area contributed by atoms with Crippen molar-refractivity contribution < 1.29 is 9.64 Å². The highest BCUT2D eigenvalue weighted by atomic mass is 32.1. The molecule has 6 heteroatoms. The van der Waals surface area contributed by atoms with Crippen molar-refractivity contribution in [2.45, 2.75) is 45.1 Å². The van der Waals surface area contributed by atoms with Crippen molar-refractivity contribution in [1.29, 1.82) is 0 Å². The van der Waals surface area contributed by atoms with Gasteiger partial charge in [0.15, 0.2) is 0 Å². The number of nitrogens with one attached hydrogen (secondary N) is 1. The number of rotatable bonds is 3. The van der Waals surface area contributed by atoms with Crippen molar-refractivity contribution in [1.82, 2.24) is 9.97 Å². The maximum absolute atomic E-state index is 5.83. The lowest BCUT2D eigenvalue weighted by atomic mass is 10.1. The molecule has 5 nitrogen and oxygen atoms in total. The summed E-state index contributed by atoms with van der Waals surface area (Å²) in [4.78, 5) is 16.6. The molecule has 2 aliphatic heterocycles. The van der Waals surface area contributed by atoms with E-state index in [1.54, 1.807) is 15.3 Å². The van der Waals surface area contributed by atoms with Crippen molar-refractivity contribution in [3.05, 3.63) is 16.3 Å². The van der Waals surface area contributed by atoms with Gasteiger partial charge in [0.2, 0.25) is 0 Å². The fourth-order valence-corrected chi connectivity index (χ4v) is 5.98. The minimum Gasteiger partial charge on any atom is -0.372 e. The monoisotopic (exact) mass is 359 g/mol. The Hall–Kier alpha value is -1.24. The molecule has 0 bridgehead atoms. The van der Waals surface area contributed by atoms with Crippen molar-refractivity contribution in [2.24, 2.45) is 0 Å². The summed E-state index contributed by atoms with van der Waals surface area (Å²) in [5.74, 6) is 2.12. The van der Waals surface area contributed by atoms with Crippen LogP contribution in [0.25, 0.3) is 10.2 Å². The van der Waals surface area contributed by atoms with Gasteiger partial charge in [0.05, 0.1) is 31.6 Å². The zero-order valence-electron chi connectivity index (χ0n) is 15.0. The molecule has 0 aromatic carbocycles. The highest BCUT2D eigenvalue weighted by molar-refractivity contribution is 7.19. The number of fused-ring (bicyclic) bond motifs is 3. The molecular formula is C19H27N4OS+. The Labute approximate surface area is 153 Å². The van der Waals surface area contributed by atoms with Gasteiger partial charge in [-0.05, 0) is 44.6 Å². The van der Waals surface area contributed by atoms with Crippen LogP contribution in [0.15, 0.2) is 0 Å². The molecule has 3 aliphatic rings. The van der Waals surface area contributed by atoms with E-state index in [1.165, 1.54) is 67.8 Å². The predicted octanol–water partition coefficient (Wildman–Crippen LogP) is 1.37. The Morgan fingerprint density at radius 3 is 2.88 bits per heavy atom. The summed E-state index contributed by atoms with van der Waals surface area (Å²) in [6.07, 6.45) is 6.72. The summed E-state index contributed by atoms with van der Waals surface area (Å²) in [5.41, 5.74) is 1.55. The van der Waals surface area contributed by atoms with Gasteiger partial charge in [-0.25, -0.2) is 9.97 Å². The standard InChI is InChI=1S/C19H26N4OS/c1-13-20-18(17-15-5-2-6-16(15)25-19(17)21-13)23-9-7-22(8-10-23)12-14-4-3-11-24-14/h14H,2-12H2,1H3/p+1/t14-/m1/s1. The number of aryl methyl sites for hydroxylation is 3. The smallest absolute Gasteiger partial charge is 0.141 e. The molecule has 0 radical (unpaired) electrons. The highest BCUT2D eigenvalue weighted by Crippen LogP contribution is 2.40. The molecule has 2 saturated heterocycles. The molecule has 0 amide bonds. The second-order valence-electron chi connectivity index (χ2n) is 7.71. The van der Waals surface area contributed by atoms with Crippen molar-refractivity contribution in [3.8, 4) is 0 Å². The van der Waals surface area contributed by atoms with Crippen LogP contribution in [0, 0.1) is 6.92 Å². The SMILES string of the molecule is Cc1nc(N2CC[NH+](C[C@H]3CCCO3)CC2)c2c3c(sc2n1)CCC3. The number of nitrogens with zero attached hydrogens (tertiary/aromatic N) is 3. The van der Waals surface area contributed by atoms with E-state index in [0.717, 1.165) is 25.5 Å². The van der Waals surface area contributed by atoms with Crippen LogP contribution < -0.4 is 9.80 Å². The number of piperazine rings is 1. The van der Waals surface area contributed by atoms with Gasteiger partial charge in [0.25, 0.3) is 0 Å². The van der Waals surface area contributed by atoms with E-state index in [1.807, 2.05) is 18.3 Å². The van der Waals surface area contributed by atoms with Gasteiger partial charge in [-0.15, -0.1) is 11.3 Å². The topological polar surface area (TPSA) is 42.7 Å². The van der Waals surface area contributed by atoms with Crippen LogP contribution in [-0.2, 0) is 17.6 Å². The van der Waals surface area contributed by atoms with E-state index < -0.39 is 0 Å². The molecule has 0 unspecified atom stereocenters. The van der Waals surface area contributed by atoms with Gasteiger partial charge in [-0.2, -0.15) is 0 Å². The Morgan fingerprint density at radius 2 is 2.08 bits per heavy atom. The van der Waals surface area contributed by atoms with Crippen molar-refractivity contribution in [3.63, 3.8) is 0 Å². The second-order valence-corrected chi connectivity index (χ2v) is 8.79. The van der Waals surface area contributed by atoms with Crippen molar-refractivity contribution in [2.75, 3.05) is 44.2 Å². The van der Waals surface area contributed by atoms with Crippen LogP contribution >= 0.6 is 11.3 Å². The molecule has 2 aromatic heterocycles. The molecule has 0 saturated carbocycles. The highest BCUT2D eigenvalue weighted by Gasteiger charge is 2.29. The van der Waals surface area contributed by atoms with Gasteiger partial charge in [-0.3, -0.25) is 0 Å². The van der Waals surface area contributed by atoms with Gasteiger partial charge >= 0.3 is 0 Å². The Bertz CT molecular complexity index is 775. The molecule has 0 spiro atoms. The van der Waals surface area contributed by atoms with Crippen LogP contribution in [0.2, 0.25) is 0 Å². The number of anilines is 1. The van der Waals surface area contributed by atoms with Gasteiger partial charge < -0.3 is 14.5 Å². The van der Waals surface area contributed by atoms with E-state index in [9.17, 15) is 0 Å². The average Bonchev–Trinajstić information content (AvgIpc) is 3.32. The zero-order chi connectivity index (χ0) is 16.8. The Morgan fingerprint density at radius 1 is 1.20 bits per heavy atom. The lowest BCUT2D eigenvalue weighted by Crippen LogP contribution is -3.15. The van der Waals surface area contributed by atoms with Crippen LogP contribution in [0.3, 0.4) is 0 Å². The largest absolute Gasteiger partial charge is 0.372 e. The van der Waals surface area contributed by atoms with E-state index in [-0.39, 0.29) is 0 Å². The fourth-order valence-electron chi connectivity index (χ4n) is 4.68. The predicted molar refractivity (Wildman–Crippen MR) is 101 cm³/mol. The minimum atomic E-state index is 0.495. The summed E-state index contributed by atoms with van der Waals surface area (Å²) in [6, 6.07) is 0. The van der Waals surface area contributed by atoms with Crippen LogP contribution in [0.4, 0.5) is 5.82 Å². The number of hydrogen-bond donors (Lipinski definition) is 1. The molecule has 2 fully saturated rings. The number of ether oxygens (including phenoxy) is 1. The van der Waals surface area contributed by atoms with Gasteiger partial charge in [-0.1, -0.05) is 0 Å². The third-order valence-electron chi connectivity index (χ3n) is 5.97. The quantitative estimate of drug-likeness (QED) is 0.899. The Balaban J connectivity index is 1.37. The molecular weight excluding hydrogens is 332 g/mol. The van der Waals surface area contributed by atoms with Crippen LogP contribution in [0.5, 0.6) is 0 Å². The minimum absolute atomic E-state index is 0.495. The first kappa shape index (κ1) is 16.0. The summed E-state index contributed by atoms with van der Waals surface area (Å²) in [7, 11) is 0. The maximum Gasteiger partial charge on any atom is 0.141 e. The molecule has 1 N–H and O–H groups in total. The average molecular weight is 360 g/mol. The molecule has 134 valence electrons. The summed E-state index contributed by atoms with van der Waals surface area (Å²) < 4.78 is 5.83. The van der Waals surface area contributed by atoms with Crippen molar-refractivity contribution >= 4 is 27.4 Å². The number of quaternary nitrogens is 1. The lowest BCUT2D eigenvalue weighted by molar-refractivity contribution is -0.903. The third kappa shape index (κ3) is 2.94. The summed E-state index contributed by atoms with van der Waals surface area (Å²) >= 11 is 1.90. The van der Waals surface area contributed by atoms with Gasteiger partial charge in [0, 0.05) is 11.5 Å². The Kier molecular flexibility index (Phi) is 4.14. The third-order valence-corrected chi connectivity index (χ3v) is 7.15. The number of aromatic nitrogens is 2. The zero-order valence-corrected chi connectivity index (χ0v) is 15.8. The molecule has 25 heavy (non-hydrogen) atoms. The maximum atomic E-state index is 5.83. The van der Waals surface area contributed by atoms with E-state index >= 15 is 0 Å². The van der Waals surface area contributed by atoms with Gasteiger partial charge in [0.1, 0.15) is 29.1 Å². The second kappa shape index (κ2) is 6.49. The van der Waals surface area contributed by atoms with E-state index in [4.69, 9.17) is 14.7 Å².